The number of nitrogens with zero attached hydrogens (tertiary/aromatic N) is 1. The standard InChI is InChI=1S/C8H11BrClN3/c9-6-4-7(10)8(13-5-6)12-3-1-2-11/h4-5H,1-3,11H2,(H,12,13). The van der Waals surface area contributed by atoms with E-state index in [2.05, 4.69) is 26.2 Å². The zero-order valence-corrected chi connectivity index (χ0v) is 9.40. The van der Waals surface area contributed by atoms with Crippen LogP contribution in [0.15, 0.2) is 16.7 Å². The van der Waals surface area contributed by atoms with Gasteiger partial charge in [0.05, 0.1) is 5.02 Å². The van der Waals surface area contributed by atoms with Crippen molar-refractivity contribution in [2.75, 3.05) is 18.4 Å². The molecule has 0 atom stereocenters. The number of aromatic nitrogens is 1. The summed E-state index contributed by atoms with van der Waals surface area (Å²) in [5.41, 5.74) is 5.35. The van der Waals surface area contributed by atoms with Crippen molar-refractivity contribution in [1.29, 1.82) is 0 Å². The molecule has 13 heavy (non-hydrogen) atoms. The van der Waals surface area contributed by atoms with E-state index in [4.69, 9.17) is 17.3 Å². The van der Waals surface area contributed by atoms with Crippen molar-refractivity contribution in [3.05, 3.63) is 21.8 Å². The molecule has 3 N–H and O–H groups in total. The topological polar surface area (TPSA) is 50.9 Å². The van der Waals surface area contributed by atoms with E-state index < -0.39 is 0 Å². The van der Waals surface area contributed by atoms with Crippen molar-refractivity contribution < 1.29 is 0 Å². The first-order valence-corrected chi connectivity index (χ1v) is 5.16. The SMILES string of the molecule is NCCCNc1ncc(Br)cc1Cl. The zero-order valence-electron chi connectivity index (χ0n) is 7.06. The average molecular weight is 265 g/mol. The van der Waals surface area contributed by atoms with Crippen LogP contribution in [0.2, 0.25) is 5.02 Å². The van der Waals surface area contributed by atoms with Gasteiger partial charge in [0.1, 0.15) is 5.82 Å². The molecule has 3 nitrogen and oxygen atoms in total. The van der Waals surface area contributed by atoms with Crippen LogP contribution in [-0.2, 0) is 0 Å². The van der Waals surface area contributed by atoms with Gasteiger partial charge >= 0.3 is 0 Å². The van der Waals surface area contributed by atoms with Crippen molar-refractivity contribution in [2.45, 2.75) is 6.42 Å². The first-order valence-electron chi connectivity index (χ1n) is 3.99. The van der Waals surface area contributed by atoms with E-state index in [9.17, 15) is 0 Å². The van der Waals surface area contributed by atoms with E-state index in [1.54, 1.807) is 12.3 Å². The Morgan fingerprint density at radius 1 is 1.62 bits per heavy atom. The number of nitrogens with one attached hydrogen (secondary N) is 1. The number of pyridine rings is 1. The molecule has 0 saturated heterocycles. The number of hydrogen-bond acceptors (Lipinski definition) is 3. The molecule has 0 unspecified atom stereocenters. The molecule has 0 spiro atoms. The molecule has 0 aliphatic heterocycles. The Kier molecular flexibility index (Phi) is 4.48. The van der Waals surface area contributed by atoms with Crippen molar-refractivity contribution in [1.82, 2.24) is 4.98 Å². The van der Waals surface area contributed by atoms with Gasteiger partial charge in [-0.15, -0.1) is 0 Å². The van der Waals surface area contributed by atoms with Gasteiger partial charge < -0.3 is 11.1 Å². The summed E-state index contributed by atoms with van der Waals surface area (Å²) < 4.78 is 0.877. The predicted octanol–water partition coefficient (Wildman–Crippen LogP) is 2.26. The summed E-state index contributed by atoms with van der Waals surface area (Å²) in [4.78, 5) is 4.12. The largest absolute Gasteiger partial charge is 0.369 e. The molecule has 1 aromatic heterocycles. The third-order valence-corrected chi connectivity index (χ3v) is 2.20. The van der Waals surface area contributed by atoms with Gasteiger partial charge in [0.2, 0.25) is 0 Å². The van der Waals surface area contributed by atoms with Crippen LogP contribution in [0.25, 0.3) is 0 Å². The quantitative estimate of drug-likeness (QED) is 0.820. The maximum absolute atomic E-state index is 5.92. The van der Waals surface area contributed by atoms with Crippen molar-refractivity contribution in [3.63, 3.8) is 0 Å². The minimum atomic E-state index is 0.617. The van der Waals surface area contributed by atoms with Crippen molar-refractivity contribution >= 4 is 33.3 Å². The Morgan fingerprint density at radius 2 is 2.38 bits per heavy atom. The molecule has 0 aromatic carbocycles. The van der Waals surface area contributed by atoms with Crippen molar-refractivity contribution in [2.24, 2.45) is 5.73 Å². The average Bonchev–Trinajstić information content (AvgIpc) is 2.09. The molecular formula is C8H11BrClN3. The number of rotatable bonds is 4. The Balaban J connectivity index is 2.56. The molecule has 0 bridgehead atoms. The van der Waals surface area contributed by atoms with E-state index in [1.165, 1.54) is 0 Å². The molecule has 0 aliphatic rings. The van der Waals surface area contributed by atoms with E-state index >= 15 is 0 Å². The highest BCUT2D eigenvalue weighted by molar-refractivity contribution is 9.10. The Morgan fingerprint density at radius 3 is 3.00 bits per heavy atom. The third kappa shape index (κ3) is 3.50. The highest BCUT2D eigenvalue weighted by atomic mass is 79.9. The number of anilines is 1. The molecule has 1 aromatic rings. The van der Waals surface area contributed by atoms with Crippen LogP contribution in [-0.4, -0.2) is 18.1 Å². The Bertz CT molecular complexity index is 280. The van der Waals surface area contributed by atoms with Crippen LogP contribution in [0.5, 0.6) is 0 Å². The molecule has 5 heteroatoms. The number of nitrogens with two attached hydrogens (primary N) is 1. The Labute approximate surface area is 90.8 Å². The van der Waals surface area contributed by atoms with Gasteiger partial charge in [0.25, 0.3) is 0 Å². The fraction of sp³-hybridized carbons (Fsp3) is 0.375. The first-order chi connectivity index (χ1) is 6.24. The van der Waals surface area contributed by atoms with Gasteiger partial charge in [-0.05, 0) is 35.0 Å². The molecular weight excluding hydrogens is 253 g/mol. The normalized spacial score (nSPS) is 10.1. The molecule has 0 aliphatic carbocycles. The predicted molar refractivity (Wildman–Crippen MR) is 59.1 cm³/mol. The second-order valence-corrected chi connectivity index (χ2v) is 3.88. The third-order valence-electron chi connectivity index (χ3n) is 1.48. The lowest BCUT2D eigenvalue weighted by atomic mass is 10.4. The smallest absolute Gasteiger partial charge is 0.144 e. The molecule has 0 saturated carbocycles. The van der Waals surface area contributed by atoms with E-state index in [-0.39, 0.29) is 0 Å². The molecule has 1 rings (SSSR count). The van der Waals surface area contributed by atoms with Crippen LogP contribution in [0, 0.1) is 0 Å². The van der Waals surface area contributed by atoms with Gasteiger partial charge in [-0.25, -0.2) is 4.98 Å². The summed E-state index contributed by atoms with van der Waals surface area (Å²) in [7, 11) is 0. The fourth-order valence-corrected chi connectivity index (χ4v) is 1.55. The Hall–Kier alpha value is -0.320. The summed E-state index contributed by atoms with van der Waals surface area (Å²) in [6.07, 6.45) is 2.62. The zero-order chi connectivity index (χ0) is 9.68. The summed E-state index contributed by atoms with van der Waals surface area (Å²) in [5, 5.41) is 3.71. The monoisotopic (exact) mass is 263 g/mol. The maximum atomic E-state index is 5.92. The lowest BCUT2D eigenvalue weighted by molar-refractivity contribution is 0.870. The van der Waals surface area contributed by atoms with Crippen LogP contribution < -0.4 is 11.1 Å². The van der Waals surface area contributed by atoms with Crippen LogP contribution in [0.3, 0.4) is 0 Å². The molecule has 1 heterocycles. The highest BCUT2D eigenvalue weighted by Crippen LogP contribution is 2.22. The summed E-state index contributed by atoms with van der Waals surface area (Å²) in [5.74, 6) is 0.707. The number of hydrogen-bond donors (Lipinski definition) is 2. The minimum absolute atomic E-state index is 0.617. The van der Waals surface area contributed by atoms with Crippen LogP contribution in [0.1, 0.15) is 6.42 Å². The molecule has 72 valence electrons. The highest BCUT2D eigenvalue weighted by Gasteiger charge is 2.00. The summed E-state index contributed by atoms with van der Waals surface area (Å²) in [6.45, 7) is 1.46. The lowest BCUT2D eigenvalue weighted by Gasteiger charge is -2.05. The van der Waals surface area contributed by atoms with Crippen LogP contribution in [0.4, 0.5) is 5.82 Å². The van der Waals surface area contributed by atoms with E-state index in [1.807, 2.05) is 0 Å². The minimum Gasteiger partial charge on any atom is -0.369 e. The van der Waals surface area contributed by atoms with E-state index in [0.717, 1.165) is 17.4 Å². The van der Waals surface area contributed by atoms with Gasteiger partial charge in [-0.1, -0.05) is 11.6 Å². The second-order valence-electron chi connectivity index (χ2n) is 2.55. The summed E-state index contributed by atoms with van der Waals surface area (Å²) in [6, 6.07) is 1.80. The number of halogens is 2. The molecule has 0 fully saturated rings. The molecule has 0 radical (unpaired) electrons. The van der Waals surface area contributed by atoms with E-state index in [0.29, 0.717) is 17.4 Å². The lowest BCUT2D eigenvalue weighted by Crippen LogP contribution is -2.09. The van der Waals surface area contributed by atoms with Gasteiger partial charge in [-0.3, -0.25) is 0 Å². The van der Waals surface area contributed by atoms with Gasteiger partial charge in [-0.2, -0.15) is 0 Å². The maximum Gasteiger partial charge on any atom is 0.144 e. The van der Waals surface area contributed by atoms with Gasteiger partial charge in [0.15, 0.2) is 0 Å². The summed E-state index contributed by atoms with van der Waals surface area (Å²) >= 11 is 9.21. The second kappa shape index (κ2) is 5.42. The first kappa shape index (κ1) is 10.8. The fourth-order valence-electron chi connectivity index (χ4n) is 0.854. The molecule has 0 amide bonds. The van der Waals surface area contributed by atoms with Crippen molar-refractivity contribution in [3.8, 4) is 0 Å². The van der Waals surface area contributed by atoms with Crippen LogP contribution >= 0.6 is 27.5 Å². The van der Waals surface area contributed by atoms with Gasteiger partial charge in [0, 0.05) is 17.2 Å².